The Hall–Kier alpha value is -1.78. The van der Waals surface area contributed by atoms with E-state index < -0.39 is 5.97 Å². The van der Waals surface area contributed by atoms with Crippen molar-refractivity contribution in [2.75, 3.05) is 6.54 Å². The number of hydrogen-bond acceptors (Lipinski definition) is 2. The highest BCUT2D eigenvalue weighted by Gasteiger charge is 2.16. The Morgan fingerprint density at radius 3 is 2.44 bits per heavy atom. The quantitative estimate of drug-likeness (QED) is 0.835. The number of aromatic carboxylic acids is 1. The van der Waals surface area contributed by atoms with Crippen molar-refractivity contribution in [1.29, 1.82) is 0 Å². The summed E-state index contributed by atoms with van der Waals surface area (Å²) in [6.07, 6.45) is 0. The molecule has 0 unspecified atom stereocenters. The van der Waals surface area contributed by atoms with Crippen LogP contribution in [0.2, 0.25) is 0 Å². The van der Waals surface area contributed by atoms with Gasteiger partial charge in [0.15, 0.2) is 0 Å². The summed E-state index contributed by atoms with van der Waals surface area (Å²) in [6, 6.07) is 1.59. The molecule has 1 amide bonds. The highest BCUT2D eigenvalue weighted by Crippen LogP contribution is 2.14. The van der Waals surface area contributed by atoms with E-state index in [0.717, 1.165) is 5.69 Å². The molecule has 1 heterocycles. The van der Waals surface area contributed by atoms with Crippen LogP contribution in [0.4, 0.5) is 0 Å². The van der Waals surface area contributed by atoms with Crippen LogP contribution < -0.4 is 5.32 Å². The number of aromatic nitrogens is 1. The summed E-state index contributed by atoms with van der Waals surface area (Å²) in [5.41, 5.74) is 1.65. The summed E-state index contributed by atoms with van der Waals surface area (Å²) in [5.74, 6) is -0.658. The minimum atomic E-state index is -0.961. The van der Waals surface area contributed by atoms with E-state index in [-0.39, 0.29) is 18.0 Å². The van der Waals surface area contributed by atoms with Gasteiger partial charge in [0.25, 0.3) is 0 Å². The lowest BCUT2D eigenvalue weighted by Gasteiger charge is -2.11. The van der Waals surface area contributed by atoms with E-state index in [0.29, 0.717) is 18.2 Å². The maximum absolute atomic E-state index is 11.7. The second kappa shape index (κ2) is 5.71. The second-order valence-corrected chi connectivity index (χ2v) is 4.87. The molecule has 1 aromatic rings. The van der Waals surface area contributed by atoms with E-state index in [1.165, 1.54) is 0 Å². The van der Waals surface area contributed by atoms with Crippen LogP contribution in [0.3, 0.4) is 0 Å². The third-order valence-corrected chi connectivity index (χ3v) is 2.81. The first-order valence-corrected chi connectivity index (χ1v) is 5.99. The molecule has 18 heavy (non-hydrogen) atoms. The number of carboxylic acid groups (broad SMARTS) is 1. The molecule has 2 N–H and O–H groups in total. The van der Waals surface area contributed by atoms with Gasteiger partial charge in [-0.2, -0.15) is 0 Å². The Morgan fingerprint density at radius 1 is 1.39 bits per heavy atom. The fraction of sp³-hybridized carbons (Fsp3) is 0.538. The van der Waals surface area contributed by atoms with Gasteiger partial charge in [0.05, 0.1) is 5.56 Å². The number of aryl methyl sites for hydroxylation is 1. The van der Waals surface area contributed by atoms with Crippen molar-refractivity contribution in [1.82, 2.24) is 9.88 Å². The lowest BCUT2D eigenvalue weighted by Crippen LogP contribution is -2.31. The molecule has 1 rings (SSSR count). The molecule has 0 aliphatic heterocycles. The van der Waals surface area contributed by atoms with Crippen LogP contribution in [0.5, 0.6) is 0 Å². The largest absolute Gasteiger partial charge is 0.478 e. The Bertz CT molecular complexity index is 461. The van der Waals surface area contributed by atoms with Crippen molar-refractivity contribution in [2.45, 2.75) is 34.2 Å². The average molecular weight is 252 g/mol. The molecule has 0 atom stereocenters. The molecule has 0 bridgehead atoms. The van der Waals surface area contributed by atoms with Crippen molar-refractivity contribution >= 4 is 11.9 Å². The average Bonchev–Trinajstić information content (AvgIpc) is 2.54. The van der Waals surface area contributed by atoms with Crippen LogP contribution in [-0.4, -0.2) is 28.1 Å². The molecule has 100 valence electrons. The molecular formula is C13H20N2O3. The number of rotatable bonds is 5. The summed E-state index contributed by atoms with van der Waals surface area (Å²) in [4.78, 5) is 22.7. The standard InChI is InChI=1S/C13H20N2O3/c1-8(2)6-14-12(16)7-15-9(3)5-11(10(15)4)13(17)18/h5,8H,6-7H2,1-4H3,(H,14,16)(H,17,18). The zero-order chi connectivity index (χ0) is 13.9. The third kappa shape index (κ3) is 3.35. The van der Waals surface area contributed by atoms with Crippen molar-refractivity contribution in [2.24, 2.45) is 5.92 Å². The van der Waals surface area contributed by atoms with Crippen molar-refractivity contribution in [3.8, 4) is 0 Å². The fourth-order valence-corrected chi connectivity index (χ4v) is 1.78. The number of amides is 1. The smallest absolute Gasteiger partial charge is 0.337 e. The van der Waals surface area contributed by atoms with Crippen LogP contribution in [0.15, 0.2) is 6.07 Å². The third-order valence-electron chi connectivity index (χ3n) is 2.81. The molecule has 0 spiro atoms. The van der Waals surface area contributed by atoms with Gasteiger partial charge >= 0.3 is 5.97 Å². The Labute approximate surface area is 107 Å². The second-order valence-electron chi connectivity index (χ2n) is 4.87. The SMILES string of the molecule is Cc1cc(C(=O)O)c(C)n1CC(=O)NCC(C)C. The summed E-state index contributed by atoms with van der Waals surface area (Å²) in [6.45, 7) is 8.35. The maximum Gasteiger partial charge on any atom is 0.337 e. The van der Waals surface area contributed by atoms with Gasteiger partial charge in [-0.3, -0.25) is 4.79 Å². The van der Waals surface area contributed by atoms with Gasteiger partial charge in [-0.25, -0.2) is 4.79 Å². The van der Waals surface area contributed by atoms with Gasteiger partial charge in [-0.1, -0.05) is 13.8 Å². The molecule has 0 saturated heterocycles. The zero-order valence-electron chi connectivity index (χ0n) is 11.3. The number of carbonyl (C=O) groups excluding carboxylic acids is 1. The van der Waals surface area contributed by atoms with Crippen molar-refractivity contribution in [3.63, 3.8) is 0 Å². The van der Waals surface area contributed by atoms with Gasteiger partial charge < -0.3 is 15.0 Å². The molecule has 0 radical (unpaired) electrons. The van der Waals surface area contributed by atoms with E-state index in [9.17, 15) is 9.59 Å². The van der Waals surface area contributed by atoms with Crippen LogP contribution in [0, 0.1) is 19.8 Å². The molecular weight excluding hydrogens is 232 g/mol. The summed E-state index contributed by atoms with van der Waals surface area (Å²) in [5, 5.41) is 11.8. The minimum absolute atomic E-state index is 0.0950. The molecule has 0 fully saturated rings. The van der Waals surface area contributed by atoms with Gasteiger partial charge in [0.2, 0.25) is 5.91 Å². The first kappa shape index (κ1) is 14.3. The molecule has 0 aromatic carbocycles. The van der Waals surface area contributed by atoms with E-state index in [2.05, 4.69) is 5.32 Å². The predicted molar refractivity (Wildman–Crippen MR) is 68.7 cm³/mol. The van der Waals surface area contributed by atoms with Crippen LogP contribution in [0.25, 0.3) is 0 Å². The van der Waals surface area contributed by atoms with Crippen LogP contribution in [0.1, 0.15) is 35.6 Å². The fourth-order valence-electron chi connectivity index (χ4n) is 1.78. The molecule has 5 nitrogen and oxygen atoms in total. The van der Waals surface area contributed by atoms with Crippen molar-refractivity contribution < 1.29 is 14.7 Å². The summed E-state index contributed by atoms with van der Waals surface area (Å²) < 4.78 is 1.72. The van der Waals surface area contributed by atoms with E-state index in [4.69, 9.17) is 5.11 Å². The topological polar surface area (TPSA) is 71.3 Å². The number of carboxylic acids is 1. The predicted octanol–water partition coefficient (Wildman–Crippen LogP) is 1.58. The molecule has 1 aromatic heterocycles. The lowest BCUT2D eigenvalue weighted by molar-refractivity contribution is -0.121. The van der Waals surface area contributed by atoms with Crippen molar-refractivity contribution in [3.05, 3.63) is 23.0 Å². The summed E-state index contributed by atoms with van der Waals surface area (Å²) in [7, 11) is 0. The molecule has 0 aliphatic rings. The zero-order valence-corrected chi connectivity index (χ0v) is 11.3. The van der Waals surface area contributed by atoms with E-state index in [1.807, 2.05) is 13.8 Å². The van der Waals surface area contributed by atoms with Gasteiger partial charge in [0, 0.05) is 17.9 Å². The van der Waals surface area contributed by atoms with E-state index in [1.54, 1.807) is 24.5 Å². The monoisotopic (exact) mass is 252 g/mol. The highest BCUT2D eigenvalue weighted by molar-refractivity contribution is 5.89. The minimum Gasteiger partial charge on any atom is -0.478 e. The molecule has 0 saturated carbocycles. The van der Waals surface area contributed by atoms with Gasteiger partial charge in [-0.15, -0.1) is 0 Å². The van der Waals surface area contributed by atoms with Gasteiger partial charge in [-0.05, 0) is 25.8 Å². The molecule has 5 heteroatoms. The number of hydrogen-bond donors (Lipinski definition) is 2. The maximum atomic E-state index is 11.7. The Balaban J connectivity index is 2.79. The Kier molecular flexibility index (Phi) is 4.53. The lowest BCUT2D eigenvalue weighted by atomic mass is 10.2. The van der Waals surface area contributed by atoms with Crippen LogP contribution >= 0.6 is 0 Å². The van der Waals surface area contributed by atoms with Crippen LogP contribution in [-0.2, 0) is 11.3 Å². The first-order chi connectivity index (χ1) is 8.32. The highest BCUT2D eigenvalue weighted by atomic mass is 16.4. The van der Waals surface area contributed by atoms with E-state index >= 15 is 0 Å². The number of nitrogens with one attached hydrogen (secondary N) is 1. The number of carbonyl (C=O) groups is 2. The Morgan fingerprint density at radius 2 is 2.00 bits per heavy atom. The number of nitrogens with zero attached hydrogens (tertiary/aromatic N) is 1. The normalized spacial score (nSPS) is 10.7. The summed E-state index contributed by atoms with van der Waals surface area (Å²) >= 11 is 0. The molecule has 0 aliphatic carbocycles. The first-order valence-electron chi connectivity index (χ1n) is 5.99. The van der Waals surface area contributed by atoms with Gasteiger partial charge in [0.1, 0.15) is 6.54 Å².